The van der Waals surface area contributed by atoms with Crippen molar-refractivity contribution in [3.63, 3.8) is 0 Å². The quantitative estimate of drug-likeness (QED) is 0.882. The van der Waals surface area contributed by atoms with Gasteiger partial charge in [-0.25, -0.2) is 4.39 Å². The van der Waals surface area contributed by atoms with Crippen molar-refractivity contribution in [1.82, 2.24) is 0 Å². The van der Waals surface area contributed by atoms with E-state index in [9.17, 15) is 9.18 Å². The van der Waals surface area contributed by atoms with Crippen LogP contribution in [0.2, 0.25) is 0 Å². The zero-order valence-electron chi connectivity index (χ0n) is 9.99. The van der Waals surface area contributed by atoms with Crippen LogP contribution in [0.1, 0.15) is 24.4 Å². The number of nitrogens with two attached hydrogens (primary N) is 1. The van der Waals surface area contributed by atoms with Crippen molar-refractivity contribution < 1.29 is 23.8 Å². The minimum Gasteiger partial charge on any atom is -0.486 e. The first-order valence-corrected chi connectivity index (χ1v) is 6.55. The second kappa shape index (κ2) is 5.75. The molecule has 0 amide bonds. The largest absolute Gasteiger partial charge is 0.486 e. The summed E-state index contributed by atoms with van der Waals surface area (Å²) in [6, 6.07) is 0.870. The molecule has 1 aliphatic heterocycles. The van der Waals surface area contributed by atoms with Gasteiger partial charge >= 0.3 is 5.97 Å². The molecule has 1 unspecified atom stereocenters. The molecule has 0 fully saturated rings. The smallest absolute Gasteiger partial charge is 0.303 e. The SMILES string of the molecule is NC(CCC(=O)O)c1c(Br)cc2c(c1F)OCCO2. The third kappa shape index (κ3) is 2.98. The molecule has 1 heterocycles. The zero-order chi connectivity index (χ0) is 14.0. The number of carbonyl (C=O) groups is 1. The van der Waals surface area contributed by atoms with Gasteiger partial charge in [-0.3, -0.25) is 4.79 Å². The Bertz CT molecular complexity index is 509. The summed E-state index contributed by atoms with van der Waals surface area (Å²) in [5.74, 6) is -1.20. The molecule has 2 rings (SSSR count). The molecule has 3 N–H and O–H groups in total. The van der Waals surface area contributed by atoms with Gasteiger partial charge in [-0.05, 0) is 12.5 Å². The first-order chi connectivity index (χ1) is 9.00. The summed E-state index contributed by atoms with van der Waals surface area (Å²) >= 11 is 3.23. The van der Waals surface area contributed by atoms with E-state index >= 15 is 0 Å². The molecule has 104 valence electrons. The zero-order valence-corrected chi connectivity index (χ0v) is 11.6. The predicted molar refractivity (Wildman–Crippen MR) is 68.9 cm³/mol. The lowest BCUT2D eigenvalue weighted by Gasteiger charge is -2.23. The predicted octanol–water partition coefficient (Wildman–Crippen LogP) is 2.22. The van der Waals surface area contributed by atoms with Gasteiger partial charge in [0.2, 0.25) is 0 Å². The summed E-state index contributed by atoms with van der Waals surface area (Å²) in [5, 5.41) is 8.63. The molecule has 1 aromatic rings. The molecule has 0 saturated carbocycles. The third-order valence-corrected chi connectivity index (χ3v) is 3.46. The maximum absolute atomic E-state index is 14.3. The van der Waals surface area contributed by atoms with Crippen LogP contribution in [0.4, 0.5) is 4.39 Å². The highest BCUT2D eigenvalue weighted by molar-refractivity contribution is 9.10. The average molecular weight is 334 g/mol. The van der Waals surface area contributed by atoms with E-state index < -0.39 is 17.8 Å². The fourth-order valence-electron chi connectivity index (χ4n) is 1.89. The van der Waals surface area contributed by atoms with E-state index in [1.54, 1.807) is 6.07 Å². The second-order valence-corrected chi connectivity index (χ2v) is 5.00. The molecule has 0 saturated heterocycles. The fraction of sp³-hybridized carbons (Fsp3) is 0.417. The van der Waals surface area contributed by atoms with Gasteiger partial charge in [0.25, 0.3) is 0 Å². The van der Waals surface area contributed by atoms with Gasteiger partial charge in [0, 0.05) is 22.5 Å². The Hall–Kier alpha value is -1.34. The Labute approximate surface area is 117 Å². The van der Waals surface area contributed by atoms with Crippen molar-refractivity contribution in [3.05, 3.63) is 21.9 Å². The molecular weight excluding hydrogens is 321 g/mol. The molecular formula is C12H13BrFNO4. The molecule has 19 heavy (non-hydrogen) atoms. The minimum atomic E-state index is -0.968. The lowest BCUT2D eigenvalue weighted by molar-refractivity contribution is -0.137. The number of benzene rings is 1. The van der Waals surface area contributed by atoms with E-state index in [1.165, 1.54) is 0 Å². The number of aliphatic carboxylic acids is 1. The summed E-state index contributed by atoms with van der Waals surface area (Å²) in [6.45, 7) is 0.638. The molecule has 0 bridgehead atoms. The number of hydrogen-bond donors (Lipinski definition) is 2. The summed E-state index contributed by atoms with van der Waals surface area (Å²) in [4.78, 5) is 10.5. The summed E-state index contributed by atoms with van der Waals surface area (Å²) in [6.07, 6.45) is 0.0198. The van der Waals surface area contributed by atoms with Gasteiger partial charge in [-0.15, -0.1) is 0 Å². The summed E-state index contributed by atoms with van der Waals surface area (Å²) in [5.41, 5.74) is 6.06. The topological polar surface area (TPSA) is 81.8 Å². The highest BCUT2D eigenvalue weighted by atomic mass is 79.9. The number of hydrogen-bond acceptors (Lipinski definition) is 4. The van der Waals surface area contributed by atoms with Crippen molar-refractivity contribution in [1.29, 1.82) is 0 Å². The minimum absolute atomic E-state index is 0.0372. The van der Waals surface area contributed by atoms with Gasteiger partial charge in [-0.2, -0.15) is 0 Å². The van der Waals surface area contributed by atoms with Crippen LogP contribution in [0.5, 0.6) is 11.5 Å². The van der Waals surface area contributed by atoms with Crippen LogP contribution < -0.4 is 15.2 Å². The molecule has 0 aromatic heterocycles. The van der Waals surface area contributed by atoms with Crippen LogP contribution in [0.15, 0.2) is 10.5 Å². The maximum atomic E-state index is 14.3. The lowest BCUT2D eigenvalue weighted by Crippen LogP contribution is -2.20. The van der Waals surface area contributed by atoms with Crippen LogP contribution in [0, 0.1) is 5.82 Å². The van der Waals surface area contributed by atoms with Crippen LogP contribution in [0.3, 0.4) is 0 Å². The third-order valence-electron chi connectivity index (χ3n) is 2.80. The monoisotopic (exact) mass is 333 g/mol. The molecule has 0 aliphatic carbocycles. The van der Waals surface area contributed by atoms with Crippen LogP contribution in [-0.2, 0) is 4.79 Å². The molecule has 1 aliphatic rings. The fourth-order valence-corrected chi connectivity index (χ4v) is 2.57. The molecule has 0 radical (unpaired) electrons. The number of ether oxygens (including phenoxy) is 2. The first kappa shape index (κ1) is 14.1. The molecule has 1 aromatic carbocycles. The number of fused-ring (bicyclic) bond motifs is 1. The summed E-state index contributed by atoms with van der Waals surface area (Å²) in [7, 11) is 0. The van der Waals surface area contributed by atoms with Crippen molar-refractivity contribution in [3.8, 4) is 11.5 Å². The van der Waals surface area contributed by atoms with Crippen molar-refractivity contribution in [2.24, 2.45) is 5.73 Å². The van der Waals surface area contributed by atoms with E-state index in [1.807, 2.05) is 0 Å². The second-order valence-electron chi connectivity index (χ2n) is 4.15. The number of carboxylic acid groups (broad SMARTS) is 1. The van der Waals surface area contributed by atoms with Gasteiger partial charge in [-0.1, -0.05) is 15.9 Å². The Morgan fingerprint density at radius 1 is 1.53 bits per heavy atom. The molecule has 0 spiro atoms. The van der Waals surface area contributed by atoms with E-state index in [0.29, 0.717) is 16.8 Å². The highest BCUT2D eigenvalue weighted by Crippen LogP contribution is 2.41. The Kier molecular flexibility index (Phi) is 4.26. The van der Waals surface area contributed by atoms with Gasteiger partial charge in [0.15, 0.2) is 17.3 Å². The normalized spacial score (nSPS) is 15.1. The van der Waals surface area contributed by atoms with Gasteiger partial charge < -0.3 is 20.3 Å². The first-order valence-electron chi connectivity index (χ1n) is 5.75. The number of halogens is 2. The molecule has 7 heteroatoms. The van der Waals surface area contributed by atoms with E-state index in [2.05, 4.69) is 15.9 Å². The molecule has 1 atom stereocenters. The Morgan fingerprint density at radius 3 is 2.89 bits per heavy atom. The Morgan fingerprint density at radius 2 is 2.21 bits per heavy atom. The number of rotatable bonds is 4. The van der Waals surface area contributed by atoms with E-state index in [4.69, 9.17) is 20.3 Å². The summed E-state index contributed by atoms with van der Waals surface area (Å²) < 4.78 is 25.3. The van der Waals surface area contributed by atoms with Crippen molar-refractivity contribution >= 4 is 21.9 Å². The van der Waals surface area contributed by atoms with Crippen LogP contribution >= 0.6 is 15.9 Å². The van der Waals surface area contributed by atoms with Crippen LogP contribution in [-0.4, -0.2) is 24.3 Å². The lowest BCUT2D eigenvalue weighted by atomic mass is 10.0. The van der Waals surface area contributed by atoms with Crippen molar-refractivity contribution in [2.75, 3.05) is 13.2 Å². The maximum Gasteiger partial charge on any atom is 0.303 e. The number of carboxylic acids is 1. The van der Waals surface area contributed by atoms with E-state index in [0.717, 1.165) is 0 Å². The Balaban J connectivity index is 2.32. The average Bonchev–Trinajstić information content (AvgIpc) is 2.36. The van der Waals surface area contributed by atoms with Crippen molar-refractivity contribution in [2.45, 2.75) is 18.9 Å². The highest BCUT2D eigenvalue weighted by Gasteiger charge is 2.25. The van der Waals surface area contributed by atoms with Gasteiger partial charge in [0.05, 0.1) is 0 Å². The molecule has 5 nitrogen and oxygen atoms in total. The van der Waals surface area contributed by atoms with Gasteiger partial charge in [0.1, 0.15) is 13.2 Å². The standard InChI is InChI=1S/C12H13BrFNO4/c13-6-5-8-12(19-4-3-18-8)11(14)10(6)7(15)1-2-9(16)17/h5,7H,1-4,15H2,(H,16,17). The van der Waals surface area contributed by atoms with E-state index in [-0.39, 0.29) is 30.8 Å². The van der Waals surface area contributed by atoms with Crippen LogP contribution in [0.25, 0.3) is 0 Å².